The van der Waals surface area contributed by atoms with Crippen molar-refractivity contribution in [1.29, 1.82) is 0 Å². The number of rotatable bonds is 10. The molecule has 4 amide bonds. The van der Waals surface area contributed by atoms with Gasteiger partial charge in [-0.05, 0) is 90.8 Å². The Morgan fingerprint density at radius 2 is 1.46 bits per heavy atom. The number of primary amides is 1. The zero-order valence-electron chi connectivity index (χ0n) is 28.6. The number of aliphatic carboxylic acids is 1. The van der Waals surface area contributed by atoms with Gasteiger partial charge >= 0.3 is 18.2 Å². The van der Waals surface area contributed by atoms with Crippen LogP contribution in [0.5, 0.6) is 0 Å². The van der Waals surface area contributed by atoms with E-state index in [1.807, 2.05) is 24.3 Å². The van der Waals surface area contributed by atoms with Crippen LogP contribution in [0.3, 0.4) is 0 Å². The molecule has 1 aromatic heterocycles. The van der Waals surface area contributed by atoms with Crippen LogP contribution < -0.4 is 16.8 Å². The molecule has 1 heterocycles. The Balaban J connectivity index is 0.000000548. The molecule has 2 atom stereocenters. The summed E-state index contributed by atoms with van der Waals surface area (Å²) >= 11 is 0. The first-order valence-corrected chi connectivity index (χ1v) is 15.4. The van der Waals surface area contributed by atoms with Crippen molar-refractivity contribution in [3.63, 3.8) is 0 Å². The molecular formula is C34H42F3N5O8. The molecule has 0 unspecified atom stereocenters. The van der Waals surface area contributed by atoms with E-state index in [4.69, 9.17) is 20.9 Å². The molecule has 16 heteroatoms. The zero-order chi connectivity index (χ0) is 38.0. The molecule has 6 N–H and O–H groups in total. The number of ether oxygens (including phenoxy) is 2. The second-order valence-corrected chi connectivity index (χ2v) is 13.0. The summed E-state index contributed by atoms with van der Waals surface area (Å²) in [5.74, 6) is -7.91. The number of carboxylic acids is 1. The lowest BCUT2D eigenvalue weighted by Crippen LogP contribution is -2.57. The van der Waals surface area contributed by atoms with Gasteiger partial charge in [-0.3, -0.25) is 14.6 Å². The third-order valence-electron chi connectivity index (χ3n) is 6.45. The van der Waals surface area contributed by atoms with Crippen LogP contribution in [-0.2, 0) is 25.5 Å². The van der Waals surface area contributed by atoms with Crippen molar-refractivity contribution >= 4 is 40.9 Å². The molecule has 0 aliphatic carbocycles. The molecule has 0 aliphatic rings. The standard InChI is InChI=1S/C24H34F3N3O7.C10H8N2O/c1-23(2,3)36-21(34)30(22(35)37-24(4,5)6)17(8-7-9-28)19(31)29-16(20(32)33)12-13-10-14(25)18(27)15(26)11-13;11-10(13)8-5-7-3-1-2-4-9(7)12-6-8/h10-11,16-17H,7-9,12,28H2,1-6H3,(H,29,31)(H,32,33);1-6H,(H2,11,13)/t16-,17+;/m1./s1. The van der Waals surface area contributed by atoms with Crippen LogP contribution in [0.2, 0.25) is 0 Å². The number of carbonyl (C=O) groups excluding carboxylic acids is 4. The minimum absolute atomic E-state index is 0.0662. The Morgan fingerprint density at radius 1 is 0.920 bits per heavy atom. The van der Waals surface area contributed by atoms with Crippen molar-refractivity contribution in [2.24, 2.45) is 11.5 Å². The van der Waals surface area contributed by atoms with Gasteiger partial charge in [-0.15, -0.1) is 0 Å². The van der Waals surface area contributed by atoms with Crippen molar-refractivity contribution in [1.82, 2.24) is 15.2 Å². The van der Waals surface area contributed by atoms with Crippen LogP contribution >= 0.6 is 0 Å². The minimum Gasteiger partial charge on any atom is -0.480 e. The maximum absolute atomic E-state index is 13.6. The summed E-state index contributed by atoms with van der Waals surface area (Å²) in [4.78, 5) is 66.4. The van der Waals surface area contributed by atoms with E-state index in [-0.39, 0.29) is 24.9 Å². The summed E-state index contributed by atoms with van der Waals surface area (Å²) in [6.07, 6.45) is -1.59. The molecule has 13 nitrogen and oxygen atoms in total. The Kier molecular flexibility index (Phi) is 14.3. The number of nitrogens with two attached hydrogens (primary N) is 2. The van der Waals surface area contributed by atoms with Crippen molar-refractivity contribution in [3.05, 3.63) is 77.2 Å². The quantitative estimate of drug-likeness (QED) is 0.212. The average molecular weight is 706 g/mol. The summed E-state index contributed by atoms with van der Waals surface area (Å²) < 4.78 is 51.0. The van der Waals surface area contributed by atoms with Crippen LogP contribution in [0.1, 0.15) is 70.3 Å². The normalized spacial score (nSPS) is 12.5. The first kappa shape index (κ1) is 40.9. The number of benzene rings is 2. The molecule has 272 valence electrons. The fourth-order valence-corrected chi connectivity index (χ4v) is 4.28. The van der Waals surface area contributed by atoms with Crippen molar-refractivity contribution in [2.75, 3.05) is 6.54 Å². The first-order chi connectivity index (χ1) is 23.1. The summed E-state index contributed by atoms with van der Waals surface area (Å²) in [5.41, 5.74) is 9.61. The monoisotopic (exact) mass is 705 g/mol. The van der Waals surface area contributed by atoms with Gasteiger partial charge in [-0.1, -0.05) is 18.2 Å². The maximum Gasteiger partial charge on any atom is 0.420 e. The van der Waals surface area contributed by atoms with Crippen LogP contribution in [-0.4, -0.2) is 74.8 Å². The zero-order valence-corrected chi connectivity index (χ0v) is 28.6. The van der Waals surface area contributed by atoms with Gasteiger partial charge in [-0.2, -0.15) is 4.90 Å². The maximum atomic E-state index is 13.6. The van der Waals surface area contributed by atoms with E-state index in [9.17, 15) is 42.3 Å². The minimum atomic E-state index is -1.75. The van der Waals surface area contributed by atoms with E-state index < -0.39 is 77.1 Å². The predicted octanol–water partition coefficient (Wildman–Crippen LogP) is 4.83. The third kappa shape index (κ3) is 12.7. The van der Waals surface area contributed by atoms with E-state index in [0.29, 0.717) is 22.6 Å². The number of nitrogens with zero attached hydrogens (tertiary/aromatic N) is 2. The SMILES string of the molecule is CC(C)(C)OC(=O)N(C(=O)OC(C)(C)C)[C@@H](CCCN)C(=O)N[C@H](Cc1cc(F)c(F)c(F)c1)C(=O)O.NC(=O)c1cnc2ccccc2c1. The number of nitrogens with one attached hydrogen (secondary N) is 1. The lowest BCUT2D eigenvalue weighted by molar-refractivity contribution is -0.142. The van der Waals surface area contributed by atoms with Crippen molar-refractivity contribution < 1.29 is 51.7 Å². The lowest BCUT2D eigenvalue weighted by atomic mass is 10.0. The van der Waals surface area contributed by atoms with Crippen LogP contribution in [0.15, 0.2) is 48.7 Å². The van der Waals surface area contributed by atoms with Gasteiger partial charge in [0, 0.05) is 18.0 Å². The molecule has 0 saturated heterocycles. The molecule has 0 fully saturated rings. The van der Waals surface area contributed by atoms with Gasteiger partial charge in [0.15, 0.2) is 17.5 Å². The molecule has 0 bridgehead atoms. The largest absolute Gasteiger partial charge is 0.480 e. The predicted molar refractivity (Wildman–Crippen MR) is 176 cm³/mol. The van der Waals surface area contributed by atoms with Crippen LogP contribution in [0, 0.1) is 17.5 Å². The van der Waals surface area contributed by atoms with Gasteiger partial charge in [0.25, 0.3) is 0 Å². The van der Waals surface area contributed by atoms with Crippen molar-refractivity contribution in [2.45, 2.75) is 84.1 Å². The van der Waals surface area contributed by atoms with Gasteiger partial charge < -0.3 is 31.4 Å². The number of amides is 4. The second-order valence-electron chi connectivity index (χ2n) is 13.0. The molecule has 0 spiro atoms. The molecule has 0 aliphatic heterocycles. The fraction of sp³-hybridized carbons (Fsp3) is 0.412. The third-order valence-corrected chi connectivity index (χ3v) is 6.45. The summed E-state index contributed by atoms with van der Waals surface area (Å²) in [7, 11) is 0. The Bertz CT molecular complexity index is 1660. The van der Waals surface area contributed by atoms with E-state index in [1.54, 1.807) is 6.07 Å². The number of hydrogen-bond acceptors (Lipinski definition) is 9. The summed E-state index contributed by atoms with van der Waals surface area (Å²) in [6.45, 7) is 9.28. The van der Waals surface area contributed by atoms with E-state index >= 15 is 0 Å². The van der Waals surface area contributed by atoms with Crippen LogP contribution in [0.4, 0.5) is 22.8 Å². The van der Waals surface area contributed by atoms with Gasteiger partial charge in [0.1, 0.15) is 23.3 Å². The fourth-order valence-electron chi connectivity index (χ4n) is 4.28. The van der Waals surface area contributed by atoms with E-state index in [2.05, 4.69) is 10.3 Å². The van der Waals surface area contributed by atoms with E-state index in [1.165, 1.54) is 47.7 Å². The van der Waals surface area contributed by atoms with Gasteiger partial charge in [0.05, 0.1) is 11.1 Å². The number of carboxylic acid groups (broad SMARTS) is 1. The van der Waals surface area contributed by atoms with Gasteiger partial charge in [-0.25, -0.2) is 27.6 Å². The van der Waals surface area contributed by atoms with Crippen LogP contribution in [0.25, 0.3) is 10.9 Å². The molecular weight excluding hydrogens is 663 g/mol. The topological polar surface area (TPSA) is 204 Å². The molecule has 3 rings (SSSR count). The number of fused-ring (bicyclic) bond motifs is 1. The second kappa shape index (κ2) is 17.4. The summed E-state index contributed by atoms with van der Waals surface area (Å²) in [5, 5.41) is 12.7. The Labute approximate surface area is 287 Å². The Morgan fingerprint density at radius 3 is 1.94 bits per heavy atom. The highest BCUT2D eigenvalue weighted by atomic mass is 19.2. The molecule has 50 heavy (non-hydrogen) atoms. The number of carbonyl (C=O) groups is 5. The number of halogens is 3. The number of pyridine rings is 1. The van der Waals surface area contributed by atoms with Crippen molar-refractivity contribution in [3.8, 4) is 0 Å². The highest BCUT2D eigenvalue weighted by Crippen LogP contribution is 2.20. The smallest absolute Gasteiger partial charge is 0.420 e. The first-order valence-electron chi connectivity index (χ1n) is 15.4. The summed E-state index contributed by atoms with van der Waals surface area (Å²) in [6, 6.07) is 7.17. The molecule has 3 aromatic rings. The number of aromatic nitrogens is 1. The number of para-hydroxylation sites is 1. The molecule has 2 aromatic carbocycles. The van der Waals surface area contributed by atoms with Gasteiger partial charge in [0.2, 0.25) is 11.8 Å². The Hall–Kier alpha value is -5.25. The average Bonchev–Trinajstić information content (AvgIpc) is 2.99. The molecule has 0 radical (unpaired) electrons. The lowest BCUT2D eigenvalue weighted by Gasteiger charge is -2.33. The highest BCUT2D eigenvalue weighted by Gasteiger charge is 2.41. The van der Waals surface area contributed by atoms with E-state index in [0.717, 1.165) is 10.9 Å². The highest BCUT2D eigenvalue weighted by molar-refractivity contribution is 5.97. The number of hydrogen-bond donors (Lipinski definition) is 4. The molecule has 0 saturated carbocycles. The number of imide groups is 1.